The number of carbonyl (C=O) groups is 4. The van der Waals surface area contributed by atoms with Gasteiger partial charge in [0.25, 0.3) is 5.91 Å². The van der Waals surface area contributed by atoms with Crippen LogP contribution < -0.4 is 36.6 Å². The van der Waals surface area contributed by atoms with Crippen LogP contribution in [0.25, 0.3) is 16.4 Å². The second kappa shape index (κ2) is 29.9. The number of rotatable bonds is 30. The number of anilines is 2. The quantitative estimate of drug-likeness (QED) is 0.0250. The van der Waals surface area contributed by atoms with Gasteiger partial charge in [0.1, 0.15) is 18.4 Å². The first-order valence-corrected chi connectivity index (χ1v) is 26.8. The van der Waals surface area contributed by atoms with E-state index in [2.05, 4.69) is 93.3 Å². The zero-order valence-electron chi connectivity index (χ0n) is 45.2. The van der Waals surface area contributed by atoms with E-state index in [9.17, 15) is 19.2 Å². The van der Waals surface area contributed by atoms with Gasteiger partial charge in [-0.3, -0.25) is 19.4 Å². The SMILES string of the molecule is CNC(=O)C(CCC=O)N(C)C(=O)C1=C(C)CC(NCC(=O)NCCOCCOCCOCCNc2ccc3c(Cc4ccccc4CNc4nc(OC5CCCCNC5)nc5c(C(C)C)cnn45)nccc3c2)=CC=C1. The third-order valence-electron chi connectivity index (χ3n) is 13.5. The molecule has 5 aromatic rings. The molecule has 1 fully saturated rings. The first-order chi connectivity index (χ1) is 37.5. The Morgan fingerprint density at radius 1 is 0.935 bits per heavy atom. The summed E-state index contributed by atoms with van der Waals surface area (Å²) in [6.45, 7) is 12.0. The van der Waals surface area contributed by atoms with Crippen LogP contribution in [0, 0.1) is 0 Å². The van der Waals surface area contributed by atoms with Crippen molar-refractivity contribution in [1.82, 2.24) is 50.7 Å². The number of fused-ring (bicyclic) bond motifs is 2. The van der Waals surface area contributed by atoms with Gasteiger partial charge in [0, 0.05) is 93.6 Å². The minimum Gasteiger partial charge on any atom is -0.459 e. The number of allylic oxidation sites excluding steroid dienone is 3. The normalized spacial score (nSPS) is 15.1. The average molecular weight is 1060 g/mol. The van der Waals surface area contributed by atoms with E-state index in [-0.39, 0.29) is 49.1 Å². The minimum atomic E-state index is -0.769. The molecule has 1 aliphatic heterocycles. The molecule has 20 heteroatoms. The van der Waals surface area contributed by atoms with Crippen LogP contribution in [0.3, 0.4) is 0 Å². The lowest BCUT2D eigenvalue weighted by Crippen LogP contribution is -2.47. The fourth-order valence-electron chi connectivity index (χ4n) is 9.21. The maximum atomic E-state index is 13.4. The smallest absolute Gasteiger partial charge is 0.322 e. The Morgan fingerprint density at radius 2 is 1.71 bits per heavy atom. The number of pyridine rings is 1. The second-order valence-corrected chi connectivity index (χ2v) is 19.4. The van der Waals surface area contributed by atoms with Crippen molar-refractivity contribution in [3.63, 3.8) is 0 Å². The first-order valence-electron chi connectivity index (χ1n) is 26.8. The predicted octanol–water partition coefficient (Wildman–Crippen LogP) is 5.40. The molecule has 0 saturated carbocycles. The van der Waals surface area contributed by atoms with E-state index in [0.29, 0.717) is 89.6 Å². The zero-order valence-corrected chi connectivity index (χ0v) is 45.2. The highest BCUT2D eigenvalue weighted by Gasteiger charge is 2.28. The summed E-state index contributed by atoms with van der Waals surface area (Å²) in [7, 11) is 3.06. The molecular formula is C57H76N12O8. The Balaban J connectivity index is 0.765. The van der Waals surface area contributed by atoms with Gasteiger partial charge in [0.05, 0.1) is 58.1 Å². The van der Waals surface area contributed by atoms with Gasteiger partial charge >= 0.3 is 6.01 Å². The summed E-state index contributed by atoms with van der Waals surface area (Å²) in [6, 6.07) is 16.4. The van der Waals surface area contributed by atoms with E-state index >= 15 is 0 Å². The maximum absolute atomic E-state index is 13.4. The molecule has 77 heavy (non-hydrogen) atoms. The number of ether oxygens (including phenoxy) is 4. The standard InChI is InChI=1S/C57H76N12O8/c1-39(2)49-37-65-69-53(49)66-57(77-46-15-8-9-21-59-36-46)67-56(69)64-35-43-13-7-6-12-41(43)34-50-48-19-18-45(33-42(48)20-22-61-50)60-23-26-74-28-30-76-31-29-75-27-24-62-52(71)38-63-44-14-10-16-47(40(3)32-44)55(73)68(5)51(17-11-25-70)54(72)58-4/h6-7,10,12-14,16,18-20,22,25,33,37,39,46,51,59-60,63H,8-9,11,15,17,21,23-24,26-32,34-36,38H2,1-5H3,(H,58,72)(H,62,71)(H,64,66,67). The average Bonchev–Trinajstić information content (AvgIpc) is 3.56. The number of likely N-dealkylation sites (N-methyl/N-ethyl adjacent to an activating group) is 2. The van der Waals surface area contributed by atoms with E-state index in [4.69, 9.17) is 33.9 Å². The summed E-state index contributed by atoms with van der Waals surface area (Å²) in [5, 5.41) is 25.9. The van der Waals surface area contributed by atoms with Crippen LogP contribution in [0.4, 0.5) is 11.6 Å². The molecule has 1 aliphatic carbocycles. The highest BCUT2D eigenvalue weighted by molar-refractivity contribution is 6.00. The summed E-state index contributed by atoms with van der Waals surface area (Å²) in [4.78, 5) is 65.1. The molecule has 4 heterocycles. The van der Waals surface area contributed by atoms with Crippen molar-refractivity contribution in [3.05, 3.63) is 118 Å². The summed E-state index contributed by atoms with van der Waals surface area (Å²) in [5.74, 6) is -0.0262. The number of benzene rings is 2. The van der Waals surface area contributed by atoms with Crippen LogP contribution in [-0.2, 0) is 46.4 Å². The second-order valence-electron chi connectivity index (χ2n) is 19.4. The van der Waals surface area contributed by atoms with Gasteiger partial charge in [-0.2, -0.15) is 19.6 Å². The number of amides is 3. The van der Waals surface area contributed by atoms with Crippen molar-refractivity contribution < 1.29 is 38.1 Å². The highest BCUT2D eigenvalue weighted by Crippen LogP contribution is 2.27. The molecular weight excluding hydrogens is 981 g/mol. The van der Waals surface area contributed by atoms with E-state index < -0.39 is 6.04 Å². The fourth-order valence-corrected chi connectivity index (χ4v) is 9.21. The van der Waals surface area contributed by atoms with E-state index in [1.807, 2.05) is 31.5 Å². The Morgan fingerprint density at radius 3 is 2.49 bits per heavy atom. The largest absolute Gasteiger partial charge is 0.459 e. The van der Waals surface area contributed by atoms with Gasteiger partial charge < -0.3 is 60.5 Å². The van der Waals surface area contributed by atoms with Gasteiger partial charge in [-0.05, 0) is 91.9 Å². The summed E-state index contributed by atoms with van der Waals surface area (Å²) in [5.41, 5.74) is 8.09. The molecule has 412 valence electrons. The van der Waals surface area contributed by atoms with Gasteiger partial charge in [-0.15, -0.1) is 0 Å². The number of hydrogen-bond donors (Lipinski definition) is 6. The maximum Gasteiger partial charge on any atom is 0.322 e. The molecule has 1 saturated heterocycles. The number of aromatic nitrogens is 5. The third kappa shape index (κ3) is 16.9. The summed E-state index contributed by atoms with van der Waals surface area (Å²) in [6.07, 6.45) is 14.4. The third-order valence-corrected chi connectivity index (χ3v) is 13.5. The monoisotopic (exact) mass is 1060 g/mol. The molecule has 2 atom stereocenters. The number of carbonyl (C=O) groups excluding carboxylic acids is 4. The lowest BCUT2D eigenvalue weighted by atomic mass is 9.99. The fraction of sp³-hybridized carbons (Fsp3) is 0.474. The minimum absolute atomic E-state index is 0.0106. The molecule has 3 amide bonds. The van der Waals surface area contributed by atoms with Crippen LogP contribution in [0.15, 0.2) is 96.0 Å². The number of nitrogens with zero attached hydrogens (tertiary/aromatic N) is 6. The van der Waals surface area contributed by atoms with Gasteiger partial charge in [0.15, 0.2) is 5.65 Å². The topological polar surface area (TPSA) is 237 Å². The Bertz CT molecular complexity index is 2860. The van der Waals surface area contributed by atoms with Crippen molar-refractivity contribution in [2.24, 2.45) is 0 Å². The lowest BCUT2D eigenvalue weighted by Gasteiger charge is -2.27. The van der Waals surface area contributed by atoms with Gasteiger partial charge in [-0.25, -0.2) is 0 Å². The van der Waals surface area contributed by atoms with Crippen molar-refractivity contribution in [2.45, 2.75) is 90.3 Å². The van der Waals surface area contributed by atoms with E-state index in [1.54, 1.807) is 23.7 Å². The lowest BCUT2D eigenvalue weighted by molar-refractivity contribution is -0.136. The van der Waals surface area contributed by atoms with Crippen molar-refractivity contribution in [1.29, 1.82) is 0 Å². The molecule has 7 rings (SSSR count). The van der Waals surface area contributed by atoms with Crippen LogP contribution in [0.2, 0.25) is 0 Å². The van der Waals surface area contributed by atoms with Crippen LogP contribution in [0.5, 0.6) is 6.01 Å². The molecule has 2 aliphatic rings. The van der Waals surface area contributed by atoms with Gasteiger partial charge in [-0.1, -0.05) is 55.8 Å². The van der Waals surface area contributed by atoms with Crippen molar-refractivity contribution >= 4 is 52.1 Å². The first kappa shape index (κ1) is 57.4. The molecule has 2 unspecified atom stereocenters. The molecule has 0 radical (unpaired) electrons. The summed E-state index contributed by atoms with van der Waals surface area (Å²) < 4.78 is 25.2. The van der Waals surface area contributed by atoms with E-state index in [0.717, 1.165) is 94.4 Å². The highest BCUT2D eigenvalue weighted by atomic mass is 16.5. The predicted molar refractivity (Wildman–Crippen MR) is 297 cm³/mol. The number of nitrogens with one attached hydrogen (secondary N) is 6. The summed E-state index contributed by atoms with van der Waals surface area (Å²) >= 11 is 0. The van der Waals surface area contributed by atoms with Crippen molar-refractivity contribution in [3.8, 4) is 6.01 Å². The van der Waals surface area contributed by atoms with Crippen LogP contribution in [-0.4, -0.2) is 152 Å². The molecule has 0 bridgehead atoms. The Kier molecular flexibility index (Phi) is 22.3. The Hall–Kier alpha value is -7.26. The number of hydrogen-bond acceptors (Lipinski definition) is 16. The van der Waals surface area contributed by atoms with Crippen LogP contribution in [0.1, 0.15) is 87.6 Å². The van der Waals surface area contributed by atoms with Gasteiger partial charge in [0.2, 0.25) is 17.8 Å². The number of aldehydes is 1. The molecule has 20 nitrogen and oxygen atoms in total. The zero-order chi connectivity index (χ0) is 54.4. The Labute approximate surface area is 451 Å². The molecule has 0 spiro atoms. The molecule has 3 aromatic heterocycles. The molecule has 6 N–H and O–H groups in total. The van der Waals surface area contributed by atoms with Crippen molar-refractivity contribution in [2.75, 3.05) is 97.1 Å². The van der Waals surface area contributed by atoms with Crippen LogP contribution >= 0.6 is 0 Å². The molecule has 2 aromatic carbocycles. The van der Waals surface area contributed by atoms with E-state index in [1.165, 1.54) is 11.9 Å².